The fourth-order valence-corrected chi connectivity index (χ4v) is 2.92. The molecule has 0 radical (unpaired) electrons. The molecular weight excluding hydrogens is 252 g/mol. The van der Waals surface area contributed by atoms with E-state index in [1.807, 2.05) is 30.3 Å². The first-order valence-corrected chi connectivity index (χ1v) is 6.68. The van der Waals surface area contributed by atoms with Crippen LogP contribution in [0, 0.1) is 0 Å². The highest BCUT2D eigenvalue weighted by Crippen LogP contribution is 2.40. The lowest BCUT2D eigenvalue weighted by Gasteiger charge is -2.24. The third-order valence-corrected chi connectivity index (χ3v) is 4.01. The summed E-state index contributed by atoms with van der Waals surface area (Å²) in [5.74, 6) is 1.32. The van der Waals surface area contributed by atoms with Crippen molar-refractivity contribution in [2.75, 3.05) is 14.2 Å². The van der Waals surface area contributed by atoms with Gasteiger partial charge in [-0.15, -0.1) is 0 Å². The first-order valence-electron chi connectivity index (χ1n) is 6.68. The highest BCUT2D eigenvalue weighted by molar-refractivity contribution is 5.47. The molecule has 0 atom stereocenters. The molecule has 0 saturated carbocycles. The van der Waals surface area contributed by atoms with Crippen LogP contribution in [0.5, 0.6) is 11.5 Å². The molecule has 2 aromatic carbocycles. The van der Waals surface area contributed by atoms with Gasteiger partial charge in [0.05, 0.1) is 19.8 Å². The van der Waals surface area contributed by atoms with Crippen molar-refractivity contribution in [1.29, 1.82) is 0 Å². The zero-order valence-electron chi connectivity index (χ0n) is 11.7. The van der Waals surface area contributed by atoms with E-state index in [2.05, 4.69) is 12.1 Å². The molecule has 104 valence electrons. The molecule has 0 aliphatic heterocycles. The summed E-state index contributed by atoms with van der Waals surface area (Å²) in [6, 6.07) is 13.8. The van der Waals surface area contributed by atoms with Gasteiger partial charge in [-0.1, -0.05) is 30.3 Å². The number of benzene rings is 2. The predicted octanol–water partition coefficient (Wildman–Crippen LogP) is 2.69. The number of ether oxygens (including phenoxy) is 2. The van der Waals surface area contributed by atoms with E-state index in [1.54, 1.807) is 14.2 Å². The summed E-state index contributed by atoms with van der Waals surface area (Å²) < 4.78 is 10.6. The quantitative estimate of drug-likeness (QED) is 0.932. The van der Waals surface area contributed by atoms with Crippen molar-refractivity contribution >= 4 is 0 Å². The van der Waals surface area contributed by atoms with Crippen molar-refractivity contribution < 1.29 is 14.6 Å². The molecule has 1 aliphatic carbocycles. The minimum atomic E-state index is -0.858. The second-order valence-corrected chi connectivity index (χ2v) is 5.22. The SMILES string of the molecule is COc1ccc(C2(O)Cc3ccccc3C2)cc1OC. The Bertz CT molecular complexity index is 609. The van der Waals surface area contributed by atoms with Gasteiger partial charge >= 0.3 is 0 Å². The standard InChI is InChI=1S/C17H18O3/c1-19-15-8-7-14(9-16(15)20-2)17(18)10-12-5-3-4-6-13(12)11-17/h3-9,18H,10-11H2,1-2H3. The summed E-state index contributed by atoms with van der Waals surface area (Å²) in [6.45, 7) is 0. The van der Waals surface area contributed by atoms with E-state index < -0.39 is 5.60 Å². The van der Waals surface area contributed by atoms with Crippen molar-refractivity contribution in [3.8, 4) is 11.5 Å². The second-order valence-electron chi connectivity index (χ2n) is 5.22. The lowest BCUT2D eigenvalue weighted by Crippen LogP contribution is -2.26. The highest BCUT2D eigenvalue weighted by atomic mass is 16.5. The Morgan fingerprint density at radius 1 is 0.900 bits per heavy atom. The monoisotopic (exact) mass is 270 g/mol. The number of rotatable bonds is 3. The Morgan fingerprint density at radius 3 is 2.05 bits per heavy atom. The predicted molar refractivity (Wildman–Crippen MR) is 77.3 cm³/mol. The number of hydrogen-bond acceptors (Lipinski definition) is 3. The van der Waals surface area contributed by atoms with Gasteiger partial charge in [0.1, 0.15) is 0 Å². The summed E-state index contributed by atoms with van der Waals surface area (Å²) in [6.07, 6.45) is 1.28. The lowest BCUT2D eigenvalue weighted by atomic mass is 9.90. The zero-order chi connectivity index (χ0) is 14.2. The van der Waals surface area contributed by atoms with Crippen molar-refractivity contribution in [2.24, 2.45) is 0 Å². The van der Waals surface area contributed by atoms with Crippen LogP contribution in [0.4, 0.5) is 0 Å². The molecule has 0 amide bonds. The topological polar surface area (TPSA) is 38.7 Å². The summed E-state index contributed by atoms with van der Waals surface area (Å²) in [4.78, 5) is 0. The summed E-state index contributed by atoms with van der Waals surface area (Å²) in [5, 5.41) is 11.0. The van der Waals surface area contributed by atoms with Gasteiger partial charge in [-0.25, -0.2) is 0 Å². The third-order valence-electron chi connectivity index (χ3n) is 4.01. The Labute approximate surface area is 118 Å². The maximum atomic E-state index is 11.0. The van der Waals surface area contributed by atoms with Crippen LogP contribution in [0.15, 0.2) is 42.5 Å². The first-order chi connectivity index (χ1) is 9.66. The molecule has 0 aromatic heterocycles. The average molecular weight is 270 g/mol. The van der Waals surface area contributed by atoms with E-state index in [4.69, 9.17) is 9.47 Å². The van der Waals surface area contributed by atoms with Crippen LogP contribution in [-0.4, -0.2) is 19.3 Å². The summed E-state index contributed by atoms with van der Waals surface area (Å²) >= 11 is 0. The van der Waals surface area contributed by atoms with Gasteiger partial charge in [0, 0.05) is 12.8 Å². The molecule has 0 heterocycles. The molecule has 2 aromatic rings. The fraction of sp³-hybridized carbons (Fsp3) is 0.294. The van der Waals surface area contributed by atoms with E-state index in [9.17, 15) is 5.11 Å². The molecule has 20 heavy (non-hydrogen) atoms. The molecule has 1 N–H and O–H groups in total. The molecule has 0 saturated heterocycles. The minimum absolute atomic E-state index is 0.638. The average Bonchev–Trinajstić information content (AvgIpc) is 2.83. The highest BCUT2D eigenvalue weighted by Gasteiger charge is 2.37. The normalized spacial score (nSPS) is 15.8. The summed E-state index contributed by atoms with van der Waals surface area (Å²) in [7, 11) is 3.22. The molecule has 1 aliphatic rings. The van der Waals surface area contributed by atoms with Crippen LogP contribution in [0.1, 0.15) is 16.7 Å². The Morgan fingerprint density at radius 2 is 1.50 bits per heavy atom. The Hall–Kier alpha value is -2.00. The van der Waals surface area contributed by atoms with Crippen molar-refractivity contribution in [3.63, 3.8) is 0 Å². The first kappa shape index (κ1) is 13.0. The molecular formula is C17H18O3. The van der Waals surface area contributed by atoms with Gasteiger partial charge < -0.3 is 14.6 Å². The number of fused-ring (bicyclic) bond motifs is 1. The van der Waals surface area contributed by atoms with Gasteiger partial charge in [0.25, 0.3) is 0 Å². The van der Waals surface area contributed by atoms with E-state index in [1.165, 1.54) is 11.1 Å². The maximum Gasteiger partial charge on any atom is 0.161 e. The number of methoxy groups -OCH3 is 2. The van der Waals surface area contributed by atoms with Crippen molar-refractivity contribution in [2.45, 2.75) is 18.4 Å². The van der Waals surface area contributed by atoms with Gasteiger partial charge in [-0.3, -0.25) is 0 Å². The van der Waals surface area contributed by atoms with Crippen LogP contribution in [0.2, 0.25) is 0 Å². The van der Waals surface area contributed by atoms with Crippen LogP contribution in [0.3, 0.4) is 0 Å². The van der Waals surface area contributed by atoms with Crippen LogP contribution >= 0.6 is 0 Å². The third kappa shape index (κ3) is 2.04. The van der Waals surface area contributed by atoms with Crippen LogP contribution in [0.25, 0.3) is 0 Å². The summed E-state index contributed by atoms with van der Waals surface area (Å²) in [5.41, 5.74) is 2.43. The minimum Gasteiger partial charge on any atom is -0.493 e. The van der Waals surface area contributed by atoms with Gasteiger partial charge in [0.15, 0.2) is 11.5 Å². The smallest absolute Gasteiger partial charge is 0.161 e. The molecule has 0 bridgehead atoms. The zero-order valence-corrected chi connectivity index (χ0v) is 11.7. The molecule has 3 rings (SSSR count). The Kier molecular flexibility index (Phi) is 3.14. The Balaban J connectivity index is 1.98. The lowest BCUT2D eigenvalue weighted by molar-refractivity contribution is 0.0479. The number of hydrogen-bond donors (Lipinski definition) is 1. The van der Waals surface area contributed by atoms with Crippen LogP contribution < -0.4 is 9.47 Å². The molecule has 0 spiro atoms. The largest absolute Gasteiger partial charge is 0.493 e. The molecule has 3 heteroatoms. The van der Waals surface area contributed by atoms with Crippen molar-refractivity contribution in [3.05, 3.63) is 59.2 Å². The van der Waals surface area contributed by atoms with E-state index in [-0.39, 0.29) is 0 Å². The van der Waals surface area contributed by atoms with Crippen molar-refractivity contribution in [1.82, 2.24) is 0 Å². The van der Waals surface area contributed by atoms with E-state index >= 15 is 0 Å². The molecule has 3 nitrogen and oxygen atoms in total. The molecule has 0 unspecified atom stereocenters. The van der Waals surface area contributed by atoms with Gasteiger partial charge in [-0.05, 0) is 28.8 Å². The van der Waals surface area contributed by atoms with Gasteiger partial charge in [0.2, 0.25) is 0 Å². The van der Waals surface area contributed by atoms with E-state index in [0.29, 0.717) is 24.3 Å². The van der Waals surface area contributed by atoms with Gasteiger partial charge in [-0.2, -0.15) is 0 Å². The maximum absolute atomic E-state index is 11.0. The second kappa shape index (κ2) is 4.84. The molecule has 0 fully saturated rings. The fourth-order valence-electron chi connectivity index (χ4n) is 2.92. The van der Waals surface area contributed by atoms with Crippen LogP contribution in [-0.2, 0) is 18.4 Å². The van der Waals surface area contributed by atoms with E-state index in [0.717, 1.165) is 5.56 Å². The number of aliphatic hydroxyl groups is 1.